The summed E-state index contributed by atoms with van der Waals surface area (Å²) in [6.07, 6.45) is 3.04. The van der Waals surface area contributed by atoms with Gasteiger partial charge in [-0.15, -0.1) is 0 Å². The molecule has 17 heavy (non-hydrogen) atoms. The summed E-state index contributed by atoms with van der Waals surface area (Å²) in [5.74, 6) is 0.845. The summed E-state index contributed by atoms with van der Waals surface area (Å²) in [5, 5.41) is 0.297. The lowest BCUT2D eigenvalue weighted by molar-refractivity contribution is 0.257. The van der Waals surface area contributed by atoms with E-state index in [2.05, 4.69) is 46.2 Å². The van der Waals surface area contributed by atoms with Gasteiger partial charge in [-0.1, -0.05) is 33.1 Å². The largest absolute Gasteiger partial charge is 0.493 e. The van der Waals surface area contributed by atoms with E-state index in [-0.39, 0.29) is 0 Å². The molecule has 0 saturated carbocycles. The monoisotopic (exact) mass is 256 g/mol. The Morgan fingerprint density at radius 1 is 1.24 bits per heavy atom. The SMILES string of the molecule is C=C=C(CCCCO[Si](C)(C)C(C)(C)C)OC. The molecule has 0 bridgehead atoms. The van der Waals surface area contributed by atoms with Crippen molar-refractivity contribution in [1.82, 2.24) is 0 Å². The summed E-state index contributed by atoms with van der Waals surface area (Å²) in [6.45, 7) is 15.8. The maximum atomic E-state index is 6.10. The van der Waals surface area contributed by atoms with Gasteiger partial charge in [0.25, 0.3) is 0 Å². The first kappa shape index (κ1) is 16.5. The first-order chi connectivity index (χ1) is 7.74. The third kappa shape index (κ3) is 6.11. The third-order valence-electron chi connectivity index (χ3n) is 3.51. The van der Waals surface area contributed by atoms with E-state index in [1.54, 1.807) is 7.11 Å². The van der Waals surface area contributed by atoms with E-state index in [0.717, 1.165) is 31.6 Å². The zero-order chi connectivity index (χ0) is 13.5. The van der Waals surface area contributed by atoms with Crippen LogP contribution in [-0.4, -0.2) is 22.0 Å². The average Bonchev–Trinajstić information content (AvgIpc) is 2.21. The van der Waals surface area contributed by atoms with Gasteiger partial charge >= 0.3 is 0 Å². The van der Waals surface area contributed by atoms with Gasteiger partial charge in [-0.25, -0.2) is 0 Å². The van der Waals surface area contributed by atoms with E-state index in [1.807, 2.05) is 0 Å². The summed E-state index contributed by atoms with van der Waals surface area (Å²) < 4.78 is 11.2. The van der Waals surface area contributed by atoms with E-state index in [9.17, 15) is 0 Å². The van der Waals surface area contributed by atoms with Gasteiger partial charge in [0.2, 0.25) is 0 Å². The first-order valence-corrected chi connectivity index (χ1v) is 9.22. The van der Waals surface area contributed by atoms with Crippen molar-refractivity contribution in [2.45, 2.75) is 58.2 Å². The Kier molecular flexibility index (Phi) is 6.84. The Hall–Kier alpha value is -0.503. The van der Waals surface area contributed by atoms with Crippen molar-refractivity contribution < 1.29 is 9.16 Å². The van der Waals surface area contributed by atoms with Crippen LogP contribution in [0.4, 0.5) is 0 Å². The summed E-state index contributed by atoms with van der Waals surface area (Å²) in [6, 6.07) is 0. The molecule has 0 heterocycles. The zero-order valence-corrected chi connectivity index (χ0v) is 13.4. The molecule has 0 aromatic rings. The molecule has 0 aliphatic rings. The summed E-state index contributed by atoms with van der Waals surface area (Å²) in [4.78, 5) is 0. The van der Waals surface area contributed by atoms with Gasteiger partial charge in [0, 0.05) is 13.0 Å². The van der Waals surface area contributed by atoms with Gasteiger partial charge in [-0.05, 0) is 31.0 Å². The fourth-order valence-corrected chi connectivity index (χ4v) is 2.28. The molecular formula is C14H28O2Si. The Morgan fingerprint density at radius 2 is 1.82 bits per heavy atom. The number of ether oxygens (including phenoxy) is 1. The molecule has 0 N–H and O–H groups in total. The Bertz CT molecular complexity index is 270. The lowest BCUT2D eigenvalue weighted by atomic mass is 10.2. The minimum atomic E-state index is -1.56. The molecule has 0 atom stereocenters. The molecule has 0 fully saturated rings. The molecule has 0 spiro atoms. The van der Waals surface area contributed by atoms with E-state index >= 15 is 0 Å². The van der Waals surface area contributed by atoms with Crippen molar-refractivity contribution >= 4 is 8.32 Å². The maximum Gasteiger partial charge on any atom is 0.191 e. The molecule has 3 heteroatoms. The molecule has 0 amide bonds. The molecule has 0 aliphatic heterocycles. The average molecular weight is 256 g/mol. The smallest absolute Gasteiger partial charge is 0.191 e. The predicted octanol–water partition coefficient (Wildman–Crippen LogP) is 4.49. The summed E-state index contributed by atoms with van der Waals surface area (Å²) >= 11 is 0. The topological polar surface area (TPSA) is 18.5 Å². The Morgan fingerprint density at radius 3 is 2.24 bits per heavy atom. The molecule has 0 unspecified atom stereocenters. The Balaban J connectivity index is 3.83. The second-order valence-corrected chi connectivity index (χ2v) is 10.7. The van der Waals surface area contributed by atoms with E-state index in [1.165, 1.54) is 0 Å². The van der Waals surface area contributed by atoms with Crippen LogP contribution < -0.4 is 0 Å². The molecule has 0 radical (unpaired) electrons. The number of unbranched alkanes of at least 4 members (excludes halogenated alkanes) is 1. The highest BCUT2D eigenvalue weighted by atomic mass is 28.4. The van der Waals surface area contributed by atoms with E-state index in [4.69, 9.17) is 9.16 Å². The van der Waals surface area contributed by atoms with Crippen molar-refractivity contribution in [2.75, 3.05) is 13.7 Å². The number of rotatable bonds is 7. The third-order valence-corrected chi connectivity index (χ3v) is 8.05. The quantitative estimate of drug-likeness (QED) is 0.289. The van der Waals surface area contributed by atoms with E-state index < -0.39 is 8.32 Å². The zero-order valence-electron chi connectivity index (χ0n) is 12.4. The molecular weight excluding hydrogens is 228 g/mol. The van der Waals surface area contributed by atoms with E-state index in [0.29, 0.717) is 5.04 Å². The lowest BCUT2D eigenvalue weighted by Gasteiger charge is -2.36. The normalized spacial score (nSPS) is 12.1. The van der Waals surface area contributed by atoms with Crippen molar-refractivity contribution in [1.29, 1.82) is 0 Å². The minimum absolute atomic E-state index is 0.297. The van der Waals surface area contributed by atoms with Crippen LogP contribution in [0.1, 0.15) is 40.0 Å². The van der Waals surface area contributed by atoms with Crippen molar-refractivity contribution in [3.8, 4) is 0 Å². The fourth-order valence-electron chi connectivity index (χ4n) is 1.19. The van der Waals surface area contributed by atoms with Gasteiger partial charge in [-0.3, -0.25) is 0 Å². The van der Waals surface area contributed by atoms with Crippen LogP contribution in [0, 0.1) is 0 Å². The second kappa shape index (κ2) is 7.05. The van der Waals surface area contributed by atoms with Crippen molar-refractivity contribution in [2.24, 2.45) is 0 Å². The lowest BCUT2D eigenvalue weighted by Crippen LogP contribution is -2.40. The standard InChI is InChI=1S/C14H28O2Si/c1-8-13(15-5)11-9-10-12-16-17(6,7)14(2,3)4/h1,9-12H2,2-7H3. The van der Waals surface area contributed by atoms with Crippen LogP contribution in [0.15, 0.2) is 18.1 Å². The summed E-state index contributed by atoms with van der Waals surface area (Å²) in [5.41, 5.74) is 2.80. The molecule has 100 valence electrons. The van der Waals surface area contributed by atoms with Crippen LogP contribution in [0.3, 0.4) is 0 Å². The van der Waals surface area contributed by atoms with Crippen LogP contribution in [-0.2, 0) is 9.16 Å². The molecule has 0 rings (SSSR count). The van der Waals surface area contributed by atoms with Gasteiger partial charge in [-0.2, -0.15) is 0 Å². The second-order valence-electron chi connectivity index (χ2n) is 5.87. The molecule has 0 aromatic heterocycles. The highest BCUT2D eigenvalue weighted by Crippen LogP contribution is 2.36. The predicted molar refractivity (Wildman–Crippen MR) is 76.7 cm³/mol. The molecule has 0 saturated heterocycles. The summed E-state index contributed by atoms with van der Waals surface area (Å²) in [7, 11) is 0.102. The number of hydrogen-bond donors (Lipinski definition) is 0. The number of hydrogen-bond acceptors (Lipinski definition) is 2. The van der Waals surface area contributed by atoms with Gasteiger partial charge < -0.3 is 9.16 Å². The molecule has 2 nitrogen and oxygen atoms in total. The fraction of sp³-hybridized carbons (Fsp3) is 0.786. The number of methoxy groups -OCH3 is 1. The Labute approximate surface area is 108 Å². The minimum Gasteiger partial charge on any atom is -0.493 e. The highest BCUT2D eigenvalue weighted by Gasteiger charge is 2.36. The molecule has 0 aliphatic carbocycles. The van der Waals surface area contributed by atoms with Gasteiger partial charge in [0.1, 0.15) is 5.76 Å². The number of allylic oxidation sites excluding steroid dienone is 1. The van der Waals surface area contributed by atoms with Crippen LogP contribution in [0.25, 0.3) is 0 Å². The van der Waals surface area contributed by atoms with Crippen molar-refractivity contribution in [3.05, 3.63) is 18.1 Å². The van der Waals surface area contributed by atoms with Gasteiger partial charge in [0.05, 0.1) is 7.11 Å². The van der Waals surface area contributed by atoms with Crippen LogP contribution >= 0.6 is 0 Å². The van der Waals surface area contributed by atoms with Gasteiger partial charge in [0.15, 0.2) is 8.32 Å². The highest BCUT2D eigenvalue weighted by molar-refractivity contribution is 6.74. The van der Waals surface area contributed by atoms with Crippen LogP contribution in [0.2, 0.25) is 18.1 Å². The van der Waals surface area contributed by atoms with Crippen LogP contribution in [0.5, 0.6) is 0 Å². The van der Waals surface area contributed by atoms with Crippen molar-refractivity contribution in [3.63, 3.8) is 0 Å². The maximum absolute atomic E-state index is 6.10. The first-order valence-electron chi connectivity index (χ1n) is 6.31. The molecule has 0 aromatic carbocycles.